The van der Waals surface area contributed by atoms with Gasteiger partial charge in [0.15, 0.2) is 9.84 Å². The summed E-state index contributed by atoms with van der Waals surface area (Å²) in [4.78, 5) is 28.2. The number of carboxylic acid groups (broad SMARTS) is 1. The predicted octanol–water partition coefficient (Wildman–Crippen LogP) is 3.71. The largest absolute Gasteiger partial charge is 0.465 e. The summed E-state index contributed by atoms with van der Waals surface area (Å²) in [6, 6.07) is 5.04. The molecule has 10 heteroatoms. The molecule has 5 rings (SSSR count). The molecule has 2 aromatic rings. The van der Waals surface area contributed by atoms with E-state index in [4.69, 9.17) is 0 Å². The Morgan fingerprint density at radius 2 is 1.91 bits per heavy atom. The van der Waals surface area contributed by atoms with E-state index in [0.717, 1.165) is 30.4 Å². The summed E-state index contributed by atoms with van der Waals surface area (Å²) in [7, 11) is -3.06. The number of anilines is 2. The van der Waals surface area contributed by atoms with Crippen LogP contribution in [-0.4, -0.2) is 59.4 Å². The quantitative estimate of drug-likeness (QED) is 0.705. The second kappa shape index (κ2) is 8.72. The number of fused-ring (bicyclic) bond motifs is 1. The van der Waals surface area contributed by atoms with Crippen molar-refractivity contribution in [2.45, 2.75) is 57.5 Å². The van der Waals surface area contributed by atoms with Gasteiger partial charge in [0.05, 0.1) is 41.2 Å². The highest BCUT2D eigenvalue weighted by atomic mass is 32.2. The van der Waals surface area contributed by atoms with E-state index in [1.807, 2.05) is 25.3 Å². The van der Waals surface area contributed by atoms with Crippen molar-refractivity contribution in [2.24, 2.45) is 5.92 Å². The lowest BCUT2D eigenvalue weighted by molar-refractivity contribution is -0.120. The molecule has 2 aliphatic heterocycles. The molecule has 9 nitrogen and oxygen atoms in total. The summed E-state index contributed by atoms with van der Waals surface area (Å²) >= 11 is 0. The molecule has 0 radical (unpaired) electrons. The second-order valence-electron chi connectivity index (χ2n) is 9.83. The number of hydrogen-bond donors (Lipinski definition) is 1. The van der Waals surface area contributed by atoms with Gasteiger partial charge >= 0.3 is 6.09 Å². The van der Waals surface area contributed by atoms with E-state index < -0.39 is 15.9 Å². The number of carbonyl (C=O) groups is 2. The lowest BCUT2D eigenvalue weighted by atomic mass is 9.82. The SMILES string of the molecule is C[C@H]1CN(C(=O)O)c2cc(-c3cnn([C@@H]4CCCS(=O)(=O)C4)c3)ccc2N1C(=O)CC1CCC1. The zero-order chi connectivity index (χ0) is 24.0. The average Bonchev–Trinajstić information content (AvgIpc) is 3.25. The van der Waals surface area contributed by atoms with Crippen molar-refractivity contribution in [3.05, 3.63) is 30.6 Å². The molecule has 0 spiro atoms. The predicted molar refractivity (Wildman–Crippen MR) is 129 cm³/mol. The van der Waals surface area contributed by atoms with Crippen LogP contribution in [0.3, 0.4) is 0 Å². The minimum atomic E-state index is -3.06. The van der Waals surface area contributed by atoms with Crippen molar-refractivity contribution in [2.75, 3.05) is 27.9 Å². The van der Waals surface area contributed by atoms with Crippen molar-refractivity contribution in [1.82, 2.24) is 9.78 Å². The lowest BCUT2D eigenvalue weighted by Gasteiger charge is -2.41. The smallest absolute Gasteiger partial charge is 0.411 e. The van der Waals surface area contributed by atoms with Crippen LogP contribution < -0.4 is 9.80 Å². The van der Waals surface area contributed by atoms with Crippen LogP contribution in [0.2, 0.25) is 0 Å². The standard InChI is InChI=1S/C24H30N4O5S/c1-16-13-26(24(30)31)22-11-18(7-8-21(22)28(16)23(29)10-17-4-2-5-17)19-12-25-27(14-19)20-6-3-9-34(32,33)15-20/h7-8,11-12,14,16-17,20H,2-6,9-10,13,15H2,1H3,(H,30,31)/t16-,20+/m0/s1. The number of nitrogens with zero attached hydrogens (tertiary/aromatic N) is 4. The molecule has 3 heterocycles. The first-order valence-corrected chi connectivity index (χ1v) is 13.8. The monoisotopic (exact) mass is 486 g/mol. The Hall–Kier alpha value is -2.88. The summed E-state index contributed by atoms with van der Waals surface area (Å²) < 4.78 is 25.8. The van der Waals surface area contributed by atoms with E-state index in [2.05, 4.69) is 5.10 Å². The first-order chi connectivity index (χ1) is 16.2. The molecule has 1 saturated carbocycles. The molecule has 1 N–H and O–H groups in total. The maximum absolute atomic E-state index is 13.1. The Bertz CT molecular complexity index is 1220. The Kier molecular flexibility index (Phi) is 5.87. The average molecular weight is 487 g/mol. The highest BCUT2D eigenvalue weighted by Crippen LogP contribution is 2.40. The van der Waals surface area contributed by atoms with Crippen LogP contribution in [-0.2, 0) is 14.6 Å². The van der Waals surface area contributed by atoms with E-state index >= 15 is 0 Å². The van der Waals surface area contributed by atoms with Crippen LogP contribution in [0.5, 0.6) is 0 Å². The summed E-state index contributed by atoms with van der Waals surface area (Å²) in [5.74, 6) is 0.778. The summed E-state index contributed by atoms with van der Waals surface area (Å²) in [6.07, 6.45) is 7.64. The van der Waals surface area contributed by atoms with E-state index in [1.54, 1.807) is 21.8 Å². The van der Waals surface area contributed by atoms with E-state index in [0.29, 0.717) is 30.1 Å². The van der Waals surface area contributed by atoms with Crippen molar-refractivity contribution >= 4 is 33.2 Å². The molecular formula is C24H30N4O5S. The molecule has 182 valence electrons. The van der Waals surface area contributed by atoms with Gasteiger partial charge in [-0.3, -0.25) is 14.4 Å². The summed E-state index contributed by atoms with van der Waals surface area (Å²) in [5, 5.41) is 14.3. The minimum absolute atomic E-state index is 0.0440. The molecular weight excluding hydrogens is 456 g/mol. The van der Waals surface area contributed by atoms with Crippen molar-refractivity contribution in [3.63, 3.8) is 0 Å². The van der Waals surface area contributed by atoms with Gasteiger partial charge in [-0.25, -0.2) is 13.2 Å². The van der Waals surface area contributed by atoms with Gasteiger partial charge in [-0.05, 0) is 56.2 Å². The number of sulfone groups is 1. The molecule has 1 saturated heterocycles. The maximum Gasteiger partial charge on any atom is 0.411 e. The fraction of sp³-hybridized carbons (Fsp3) is 0.542. The number of hydrogen-bond acceptors (Lipinski definition) is 5. The minimum Gasteiger partial charge on any atom is -0.465 e. The topological polar surface area (TPSA) is 113 Å². The van der Waals surface area contributed by atoms with E-state index in [1.165, 1.54) is 11.3 Å². The first kappa shape index (κ1) is 22.9. The molecule has 0 bridgehead atoms. The number of amides is 2. The van der Waals surface area contributed by atoms with Gasteiger partial charge in [-0.2, -0.15) is 5.10 Å². The van der Waals surface area contributed by atoms with E-state index in [-0.39, 0.29) is 36.0 Å². The van der Waals surface area contributed by atoms with Crippen LogP contribution in [0.1, 0.15) is 51.5 Å². The van der Waals surface area contributed by atoms with Crippen molar-refractivity contribution in [3.8, 4) is 11.1 Å². The van der Waals surface area contributed by atoms with Crippen LogP contribution >= 0.6 is 0 Å². The highest BCUT2D eigenvalue weighted by molar-refractivity contribution is 7.91. The van der Waals surface area contributed by atoms with Gasteiger partial charge in [-0.15, -0.1) is 0 Å². The number of benzene rings is 1. The van der Waals surface area contributed by atoms with E-state index in [9.17, 15) is 23.1 Å². The molecule has 2 amide bonds. The lowest BCUT2D eigenvalue weighted by Crippen LogP contribution is -2.52. The Labute approximate surface area is 199 Å². The summed E-state index contributed by atoms with van der Waals surface area (Å²) in [5.41, 5.74) is 2.65. The number of aromatic nitrogens is 2. The first-order valence-electron chi connectivity index (χ1n) is 11.9. The van der Waals surface area contributed by atoms with Gasteiger partial charge in [0.25, 0.3) is 0 Å². The number of carbonyl (C=O) groups excluding carboxylic acids is 1. The number of rotatable bonds is 4. The zero-order valence-corrected chi connectivity index (χ0v) is 20.1. The van der Waals surface area contributed by atoms with Gasteiger partial charge in [0.2, 0.25) is 5.91 Å². The van der Waals surface area contributed by atoms with Crippen molar-refractivity contribution in [1.29, 1.82) is 0 Å². The third kappa shape index (κ3) is 4.31. The molecule has 1 aliphatic carbocycles. The fourth-order valence-electron chi connectivity index (χ4n) is 5.30. The van der Waals surface area contributed by atoms with Crippen LogP contribution in [0.25, 0.3) is 11.1 Å². The van der Waals surface area contributed by atoms with Gasteiger partial charge in [0.1, 0.15) is 0 Å². The molecule has 2 atom stereocenters. The molecule has 1 aromatic heterocycles. The molecule has 3 aliphatic rings. The Morgan fingerprint density at radius 3 is 2.59 bits per heavy atom. The molecule has 34 heavy (non-hydrogen) atoms. The molecule has 1 aromatic carbocycles. The maximum atomic E-state index is 13.1. The van der Waals surface area contributed by atoms with Gasteiger partial charge < -0.3 is 10.0 Å². The Morgan fingerprint density at radius 1 is 1.12 bits per heavy atom. The second-order valence-corrected chi connectivity index (χ2v) is 12.1. The normalized spacial score (nSPS) is 24.4. The highest BCUT2D eigenvalue weighted by Gasteiger charge is 2.36. The van der Waals surface area contributed by atoms with Crippen LogP contribution in [0, 0.1) is 5.92 Å². The fourth-order valence-corrected chi connectivity index (χ4v) is 6.98. The van der Waals surface area contributed by atoms with Gasteiger partial charge in [0, 0.05) is 24.7 Å². The van der Waals surface area contributed by atoms with Crippen LogP contribution in [0.15, 0.2) is 30.6 Å². The third-order valence-corrected chi connectivity index (χ3v) is 9.15. The van der Waals surface area contributed by atoms with Crippen molar-refractivity contribution < 1.29 is 23.1 Å². The molecule has 2 fully saturated rings. The van der Waals surface area contributed by atoms with Gasteiger partial charge in [-0.1, -0.05) is 12.5 Å². The van der Waals surface area contributed by atoms with Crippen LogP contribution in [0.4, 0.5) is 16.2 Å². The zero-order valence-electron chi connectivity index (χ0n) is 19.3. The Balaban J connectivity index is 1.46. The molecule has 0 unspecified atom stereocenters. The third-order valence-electron chi connectivity index (χ3n) is 7.35. The summed E-state index contributed by atoms with van der Waals surface area (Å²) in [6.45, 7) is 2.09.